The number of aromatic hydroxyl groups is 1. The Labute approximate surface area is 115 Å². The smallest absolute Gasteiger partial charge is 0.345 e. The van der Waals surface area contributed by atoms with E-state index in [9.17, 15) is 9.90 Å². The fourth-order valence-electron chi connectivity index (χ4n) is 1.84. The van der Waals surface area contributed by atoms with E-state index in [0.29, 0.717) is 11.4 Å². The van der Waals surface area contributed by atoms with Crippen LogP contribution in [-0.2, 0) is 6.54 Å². The zero-order valence-electron chi connectivity index (χ0n) is 10.5. The van der Waals surface area contributed by atoms with Crippen molar-refractivity contribution >= 4 is 23.0 Å². The molecule has 100 valence electrons. The van der Waals surface area contributed by atoms with Gasteiger partial charge in [0.05, 0.1) is 6.54 Å². The number of hydrogen-bond donors (Lipinski definition) is 2. The molecule has 1 heterocycles. The summed E-state index contributed by atoms with van der Waals surface area (Å²) in [5, 5.41) is 18.4. The van der Waals surface area contributed by atoms with Crippen LogP contribution in [0.15, 0.2) is 36.4 Å². The fraction of sp³-hybridized carbons (Fsp3) is 0.214. The maximum absolute atomic E-state index is 10.8. The van der Waals surface area contributed by atoms with Gasteiger partial charge in [0.2, 0.25) is 0 Å². The van der Waals surface area contributed by atoms with Gasteiger partial charge in [-0.25, -0.2) is 4.79 Å². The summed E-state index contributed by atoms with van der Waals surface area (Å²) in [7, 11) is 0. The first-order valence-electron chi connectivity index (χ1n) is 5.96. The van der Waals surface area contributed by atoms with E-state index in [1.165, 1.54) is 11.3 Å². The summed E-state index contributed by atoms with van der Waals surface area (Å²) in [4.78, 5) is 14.3. The Bertz CT molecular complexity index is 580. The molecule has 19 heavy (non-hydrogen) atoms. The van der Waals surface area contributed by atoms with E-state index < -0.39 is 5.97 Å². The van der Waals surface area contributed by atoms with E-state index in [-0.39, 0.29) is 5.75 Å². The fourth-order valence-corrected chi connectivity index (χ4v) is 2.70. The molecular formula is C14H15NO3S. The third-order valence-corrected chi connectivity index (χ3v) is 3.85. The van der Waals surface area contributed by atoms with Crippen LogP contribution in [0, 0.1) is 0 Å². The standard InChI is InChI=1S/C14H15NO3S/c1-2-15(10-4-3-5-11(16)8-10)9-12-6-7-13(19-12)14(17)18/h3-8,16H,2,9H2,1H3,(H,17,18). The molecular weight excluding hydrogens is 262 g/mol. The molecule has 0 spiro atoms. The summed E-state index contributed by atoms with van der Waals surface area (Å²) in [6, 6.07) is 10.5. The highest BCUT2D eigenvalue weighted by Crippen LogP contribution is 2.24. The Morgan fingerprint density at radius 3 is 2.68 bits per heavy atom. The second-order valence-corrected chi connectivity index (χ2v) is 5.27. The van der Waals surface area contributed by atoms with E-state index >= 15 is 0 Å². The van der Waals surface area contributed by atoms with Crippen LogP contribution < -0.4 is 4.90 Å². The van der Waals surface area contributed by atoms with Crippen molar-refractivity contribution in [2.75, 3.05) is 11.4 Å². The van der Waals surface area contributed by atoms with Gasteiger partial charge in [-0.3, -0.25) is 0 Å². The third-order valence-electron chi connectivity index (χ3n) is 2.80. The Morgan fingerprint density at radius 2 is 2.11 bits per heavy atom. The normalized spacial score (nSPS) is 10.4. The number of benzene rings is 1. The van der Waals surface area contributed by atoms with Crippen LogP contribution in [0.3, 0.4) is 0 Å². The summed E-state index contributed by atoms with van der Waals surface area (Å²) in [5.41, 5.74) is 0.924. The van der Waals surface area contributed by atoms with Crippen molar-refractivity contribution in [3.63, 3.8) is 0 Å². The van der Waals surface area contributed by atoms with Crippen molar-refractivity contribution in [2.24, 2.45) is 0 Å². The summed E-state index contributed by atoms with van der Waals surface area (Å²) in [6.45, 7) is 3.44. The average Bonchev–Trinajstić information content (AvgIpc) is 2.84. The first-order chi connectivity index (χ1) is 9.10. The third kappa shape index (κ3) is 3.26. The lowest BCUT2D eigenvalue weighted by Gasteiger charge is -2.22. The molecule has 0 saturated carbocycles. The predicted molar refractivity (Wildman–Crippen MR) is 76.1 cm³/mol. The zero-order chi connectivity index (χ0) is 13.8. The van der Waals surface area contributed by atoms with Gasteiger partial charge in [0.1, 0.15) is 10.6 Å². The molecule has 2 rings (SSSR count). The molecule has 5 heteroatoms. The summed E-state index contributed by atoms with van der Waals surface area (Å²) in [6.07, 6.45) is 0. The highest BCUT2D eigenvalue weighted by molar-refractivity contribution is 7.13. The lowest BCUT2D eigenvalue weighted by molar-refractivity contribution is 0.0702. The first-order valence-corrected chi connectivity index (χ1v) is 6.77. The highest BCUT2D eigenvalue weighted by Gasteiger charge is 2.10. The molecule has 0 atom stereocenters. The molecule has 0 aliphatic heterocycles. The lowest BCUT2D eigenvalue weighted by Crippen LogP contribution is -2.21. The number of rotatable bonds is 5. The van der Waals surface area contributed by atoms with Gasteiger partial charge < -0.3 is 15.1 Å². The predicted octanol–water partition coefficient (Wildman–Crippen LogP) is 3.18. The molecule has 0 aliphatic rings. The first kappa shape index (κ1) is 13.4. The largest absolute Gasteiger partial charge is 0.508 e. The Hall–Kier alpha value is -2.01. The van der Waals surface area contributed by atoms with Crippen LogP contribution in [0.2, 0.25) is 0 Å². The number of hydrogen-bond acceptors (Lipinski definition) is 4. The number of thiophene rings is 1. The number of nitrogens with zero attached hydrogens (tertiary/aromatic N) is 1. The summed E-state index contributed by atoms with van der Waals surface area (Å²) in [5.74, 6) is -0.662. The van der Waals surface area contributed by atoms with Crippen LogP contribution in [0.1, 0.15) is 21.5 Å². The minimum atomic E-state index is -0.892. The van der Waals surface area contributed by atoms with Crippen LogP contribution in [0.25, 0.3) is 0 Å². The second kappa shape index (κ2) is 5.75. The van der Waals surface area contributed by atoms with E-state index in [2.05, 4.69) is 4.90 Å². The Kier molecular flexibility index (Phi) is 4.06. The molecule has 0 radical (unpaired) electrons. The molecule has 0 unspecified atom stereocenters. The van der Waals surface area contributed by atoms with Gasteiger partial charge in [-0.15, -0.1) is 11.3 Å². The van der Waals surface area contributed by atoms with Crippen molar-refractivity contribution < 1.29 is 15.0 Å². The van der Waals surface area contributed by atoms with Crippen molar-refractivity contribution in [1.82, 2.24) is 0 Å². The number of anilines is 1. The van der Waals surface area contributed by atoms with E-state index in [1.54, 1.807) is 24.3 Å². The monoisotopic (exact) mass is 277 g/mol. The number of phenols is 1. The molecule has 0 fully saturated rings. The van der Waals surface area contributed by atoms with Crippen LogP contribution in [0.4, 0.5) is 5.69 Å². The molecule has 0 saturated heterocycles. The summed E-state index contributed by atoms with van der Waals surface area (Å²) >= 11 is 1.28. The SMILES string of the molecule is CCN(Cc1ccc(C(=O)O)s1)c1cccc(O)c1. The Morgan fingerprint density at radius 1 is 1.32 bits per heavy atom. The molecule has 2 N–H and O–H groups in total. The summed E-state index contributed by atoms with van der Waals surface area (Å²) < 4.78 is 0. The number of carboxylic acids is 1. The van der Waals surface area contributed by atoms with Gasteiger partial charge in [-0.1, -0.05) is 6.07 Å². The van der Waals surface area contributed by atoms with Gasteiger partial charge in [0.15, 0.2) is 0 Å². The van der Waals surface area contributed by atoms with Crippen molar-refractivity contribution in [3.8, 4) is 5.75 Å². The van der Waals surface area contributed by atoms with E-state index in [1.807, 2.05) is 19.1 Å². The van der Waals surface area contributed by atoms with Crippen molar-refractivity contribution in [1.29, 1.82) is 0 Å². The lowest BCUT2D eigenvalue weighted by atomic mass is 10.2. The van der Waals surface area contributed by atoms with Crippen molar-refractivity contribution in [3.05, 3.63) is 46.2 Å². The number of aromatic carboxylic acids is 1. The van der Waals surface area contributed by atoms with Gasteiger partial charge in [0, 0.05) is 23.2 Å². The van der Waals surface area contributed by atoms with Crippen LogP contribution in [-0.4, -0.2) is 22.7 Å². The Balaban J connectivity index is 2.16. The number of phenolic OH excluding ortho intramolecular Hbond substituents is 1. The molecule has 0 bridgehead atoms. The van der Waals surface area contributed by atoms with Crippen LogP contribution >= 0.6 is 11.3 Å². The van der Waals surface area contributed by atoms with Gasteiger partial charge in [-0.05, 0) is 31.2 Å². The maximum Gasteiger partial charge on any atom is 0.345 e. The molecule has 0 aliphatic carbocycles. The highest BCUT2D eigenvalue weighted by atomic mass is 32.1. The minimum absolute atomic E-state index is 0.230. The number of carboxylic acid groups (broad SMARTS) is 1. The second-order valence-electron chi connectivity index (χ2n) is 4.11. The zero-order valence-corrected chi connectivity index (χ0v) is 11.4. The van der Waals surface area contributed by atoms with Gasteiger partial charge >= 0.3 is 5.97 Å². The molecule has 0 amide bonds. The van der Waals surface area contributed by atoms with Crippen LogP contribution in [0.5, 0.6) is 5.75 Å². The molecule has 1 aromatic heterocycles. The van der Waals surface area contributed by atoms with E-state index in [0.717, 1.165) is 17.1 Å². The maximum atomic E-state index is 10.8. The molecule has 2 aromatic rings. The van der Waals surface area contributed by atoms with Gasteiger partial charge in [-0.2, -0.15) is 0 Å². The quantitative estimate of drug-likeness (QED) is 0.881. The topological polar surface area (TPSA) is 60.8 Å². The number of carbonyl (C=O) groups is 1. The molecule has 1 aromatic carbocycles. The van der Waals surface area contributed by atoms with Gasteiger partial charge in [0.25, 0.3) is 0 Å². The van der Waals surface area contributed by atoms with E-state index in [4.69, 9.17) is 5.11 Å². The minimum Gasteiger partial charge on any atom is -0.508 e. The molecule has 4 nitrogen and oxygen atoms in total. The average molecular weight is 277 g/mol. The van der Waals surface area contributed by atoms with Crippen molar-refractivity contribution in [2.45, 2.75) is 13.5 Å².